The van der Waals surface area contributed by atoms with Gasteiger partial charge in [-0.3, -0.25) is 4.98 Å². The minimum atomic E-state index is -5.74. The van der Waals surface area contributed by atoms with Crippen LogP contribution in [0, 0.1) is 0 Å². The largest absolute Gasteiger partial charge is 0.534 e. The third kappa shape index (κ3) is 6.11. The topological polar surface area (TPSA) is 94.6 Å². The van der Waals surface area contributed by atoms with E-state index in [1.54, 1.807) is 26.8 Å². The molecule has 0 saturated heterocycles. The molecule has 2 rings (SSSR count). The lowest BCUT2D eigenvalue weighted by molar-refractivity contribution is -0.0500. The lowest BCUT2D eigenvalue weighted by atomic mass is 9.93. The van der Waals surface area contributed by atoms with Crippen LogP contribution in [0.15, 0.2) is 24.4 Å². The summed E-state index contributed by atoms with van der Waals surface area (Å²) in [6, 6.07) is 2.02. The highest BCUT2D eigenvalue weighted by Crippen LogP contribution is 2.30. The summed E-state index contributed by atoms with van der Waals surface area (Å²) in [6.07, 6.45) is 3.96. The van der Waals surface area contributed by atoms with Gasteiger partial charge in [0.05, 0.1) is 5.69 Å². The Labute approximate surface area is 161 Å². The van der Waals surface area contributed by atoms with Crippen molar-refractivity contribution < 1.29 is 35.3 Å². The van der Waals surface area contributed by atoms with E-state index < -0.39 is 33.1 Å². The van der Waals surface area contributed by atoms with Gasteiger partial charge in [-0.15, -0.1) is 0 Å². The van der Waals surface area contributed by atoms with Gasteiger partial charge >= 0.3 is 21.7 Å². The van der Waals surface area contributed by atoms with Gasteiger partial charge in [-0.1, -0.05) is 6.08 Å². The van der Waals surface area contributed by atoms with Crippen LogP contribution in [0.1, 0.15) is 45.7 Å². The number of hydrogen-bond donors (Lipinski definition) is 1. The Bertz CT molecular complexity index is 860. The minimum Gasteiger partial charge on any atom is -0.444 e. The predicted molar refractivity (Wildman–Crippen MR) is 94.8 cm³/mol. The van der Waals surface area contributed by atoms with Gasteiger partial charge in [0.15, 0.2) is 0 Å². The van der Waals surface area contributed by atoms with E-state index in [2.05, 4.69) is 14.5 Å². The van der Waals surface area contributed by atoms with E-state index in [9.17, 15) is 26.4 Å². The molecule has 1 aliphatic carbocycles. The number of pyridine rings is 1. The number of hydrogen-bond acceptors (Lipinski definition) is 6. The monoisotopic (exact) mass is 422 g/mol. The number of rotatable bonds is 4. The Morgan fingerprint density at radius 1 is 1.29 bits per heavy atom. The fraction of sp³-hybridized carbons (Fsp3) is 0.529. The molecule has 7 nitrogen and oxygen atoms in total. The van der Waals surface area contributed by atoms with E-state index >= 15 is 0 Å². The van der Waals surface area contributed by atoms with Crippen molar-refractivity contribution in [1.82, 2.24) is 10.3 Å². The maximum atomic E-state index is 12.4. The number of aromatic nitrogens is 1. The Balaban J connectivity index is 2.04. The normalized spacial score (nSPS) is 18.2. The average molecular weight is 422 g/mol. The fourth-order valence-corrected chi connectivity index (χ4v) is 2.94. The van der Waals surface area contributed by atoms with E-state index in [4.69, 9.17) is 4.74 Å². The third-order valence-electron chi connectivity index (χ3n) is 3.68. The van der Waals surface area contributed by atoms with Crippen LogP contribution in [0.25, 0.3) is 5.57 Å². The standard InChI is InChI=1S/C17H21F3N2O5S/c1-16(2,3)26-15(23)22-12-6-4-11(5-7-12)14-10-13(8-9-21-14)27-28(24,25)17(18,19)20/h4,8-10,12H,5-7H2,1-3H3,(H,22,23). The molecule has 1 aliphatic rings. The molecule has 156 valence electrons. The Morgan fingerprint density at radius 2 is 1.96 bits per heavy atom. The van der Waals surface area contributed by atoms with Gasteiger partial charge in [-0.05, 0) is 45.6 Å². The molecule has 0 aliphatic heterocycles. The molecule has 1 aromatic heterocycles. The number of alkyl halides is 3. The molecule has 1 aromatic rings. The summed E-state index contributed by atoms with van der Waals surface area (Å²) < 4.78 is 68.9. The number of ether oxygens (including phenoxy) is 1. The zero-order valence-electron chi connectivity index (χ0n) is 15.5. The molecule has 1 heterocycles. The number of halogens is 3. The first kappa shape index (κ1) is 22.0. The number of carbonyl (C=O) groups excluding carboxylic acids is 1. The zero-order chi connectivity index (χ0) is 21.2. The first-order chi connectivity index (χ1) is 12.8. The molecular formula is C17H21F3N2O5S. The Kier molecular flexibility index (Phi) is 6.27. The van der Waals surface area contributed by atoms with Crippen molar-refractivity contribution in [2.24, 2.45) is 0 Å². The van der Waals surface area contributed by atoms with Gasteiger partial charge in [-0.25, -0.2) is 4.79 Å². The lowest BCUT2D eigenvalue weighted by Crippen LogP contribution is -2.39. The number of alkyl carbamates (subject to hydrolysis) is 1. The molecular weight excluding hydrogens is 401 g/mol. The predicted octanol–water partition coefficient (Wildman–Crippen LogP) is 3.77. The van der Waals surface area contributed by atoms with E-state index in [1.165, 1.54) is 6.20 Å². The highest BCUT2D eigenvalue weighted by molar-refractivity contribution is 7.88. The molecule has 1 N–H and O–H groups in total. The Hall–Kier alpha value is -2.30. The van der Waals surface area contributed by atoms with E-state index in [0.717, 1.165) is 17.7 Å². The second-order valence-electron chi connectivity index (χ2n) is 7.21. The molecule has 0 saturated carbocycles. The summed E-state index contributed by atoms with van der Waals surface area (Å²) >= 11 is 0. The SMILES string of the molecule is CC(C)(C)OC(=O)NC1CC=C(c2cc(OS(=O)(=O)C(F)(F)F)ccn2)CC1. The van der Waals surface area contributed by atoms with Crippen LogP contribution in [0.5, 0.6) is 5.75 Å². The van der Waals surface area contributed by atoms with Crippen LogP contribution < -0.4 is 9.50 Å². The summed E-state index contributed by atoms with van der Waals surface area (Å²) in [4.78, 5) is 15.9. The molecule has 1 atom stereocenters. The van der Waals surface area contributed by atoms with Gasteiger partial charge < -0.3 is 14.2 Å². The van der Waals surface area contributed by atoms with Gasteiger partial charge in [-0.2, -0.15) is 21.6 Å². The first-order valence-electron chi connectivity index (χ1n) is 8.42. The van der Waals surface area contributed by atoms with E-state index in [-0.39, 0.29) is 6.04 Å². The second-order valence-corrected chi connectivity index (χ2v) is 8.74. The van der Waals surface area contributed by atoms with Crippen molar-refractivity contribution in [2.45, 2.75) is 57.2 Å². The smallest absolute Gasteiger partial charge is 0.444 e. The van der Waals surface area contributed by atoms with Crippen molar-refractivity contribution in [3.05, 3.63) is 30.1 Å². The summed E-state index contributed by atoms with van der Waals surface area (Å²) in [5, 5.41) is 2.75. The maximum absolute atomic E-state index is 12.4. The van der Waals surface area contributed by atoms with E-state index in [1.807, 2.05) is 0 Å². The summed E-state index contributed by atoms with van der Waals surface area (Å²) in [5.41, 5.74) is -5.09. The maximum Gasteiger partial charge on any atom is 0.534 e. The summed E-state index contributed by atoms with van der Waals surface area (Å²) in [5.74, 6) is -0.475. The highest BCUT2D eigenvalue weighted by atomic mass is 32.2. The molecule has 28 heavy (non-hydrogen) atoms. The highest BCUT2D eigenvalue weighted by Gasteiger charge is 2.48. The number of nitrogens with one attached hydrogen (secondary N) is 1. The summed E-state index contributed by atoms with van der Waals surface area (Å²) in [6.45, 7) is 5.27. The number of nitrogens with zero attached hydrogens (tertiary/aromatic N) is 1. The number of amides is 1. The van der Waals surface area contributed by atoms with Gasteiger partial charge in [0, 0.05) is 24.4 Å². The van der Waals surface area contributed by atoms with Crippen LogP contribution in [0.4, 0.5) is 18.0 Å². The quantitative estimate of drug-likeness (QED) is 0.586. The van der Waals surface area contributed by atoms with Crippen LogP contribution in [-0.2, 0) is 14.9 Å². The molecule has 0 aromatic carbocycles. The van der Waals surface area contributed by atoms with E-state index in [0.29, 0.717) is 25.0 Å². The third-order valence-corrected chi connectivity index (χ3v) is 4.66. The van der Waals surface area contributed by atoms with Crippen LogP contribution in [0.2, 0.25) is 0 Å². The van der Waals surface area contributed by atoms with Crippen molar-refractivity contribution in [1.29, 1.82) is 0 Å². The van der Waals surface area contributed by atoms with Gasteiger partial charge in [0.1, 0.15) is 11.4 Å². The van der Waals surface area contributed by atoms with Gasteiger partial charge in [0.2, 0.25) is 0 Å². The van der Waals surface area contributed by atoms with Crippen molar-refractivity contribution in [2.75, 3.05) is 0 Å². The number of allylic oxidation sites excluding steroid dienone is 1. The van der Waals surface area contributed by atoms with Gasteiger partial charge in [0.25, 0.3) is 0 Å². The van der Waals surface area contributed by atoms with Crippen molar-refractivity contribution >= 4 is 21.8 Å². The van der Waals surface area contributed by atoms with Crippen molar-refractivity contribution in [3.8, 4) is 5.75 Å². The molecule has 0 spiro atoms. The van der Waals surface area contributed by atoms with Crippen molar-refractivity contribution in [3.63, 3.8) is 0 Å². The summed E-state index contributed by atoms with van der Waals surface area (Å²) in [7, 11) is -5.74. The Morgan fingerprint density at radius 3 is 2.50 bits per heavy atom. The zero-order valence-corrected chi connectivity index (χ0v) is 16.4. The molecule has 0 bridgehead atoms. The fourth-order valence-electron chi connectivity index (χ4n) is 2.48. The minimum absolute atomic E-state index is 0.149. The molecule has 0 fully saturated rings. The second kappa shape index (κ2) is 7.98. The molecule has 11 heteroatoms. The van der Waals surface area contributed by atoms with Crippen LogP contribution in [0.3, 0.4) is 0 Å². The first-order valence-corrected chi connectivity index (χ1v) is 9.83. The lowest BCUT2D eigenvalue weighted by Gasteiger charge is -2.25. The molecule has 1 unspecified atom stereocenters. The number of carbonyl (C=O) groups is 1. The molecule has 0 radical (unpaired) electrons. The molecule has 1 amide bonds. The van der Waals surface area contributed by atoms with Crippen LogP contribution >= 0.6 is 0 Å². The van der Waals surface area contributed by atoms with Crippen LogP contribution in [-0.4, -0.2) is 36.6 Å². The average Bonchev–Trinajstić information content (AvgIpc) is 2.52.